The minimum atomic E-state index is -0.0710. The number of piperazine rings is 1. The molecule has 0 N–H and O–H groups in total. The summed E-state index contributed by atoms with van der Waals surface area (Å²) in [5.41, 5.74) is 5.06. The topological polar surface area (TPSA) is 90.9 Å². The lowest BCUT2D eigenvalue weighted by atomic mass is 10.00. The van der Waals surface area contributed by atoms with Crippen LogP contribution < -0.4 is 0 Å². The third kappa shape index (κ3) is 6.82. The normalized spacial score (nSPS) is 15.9. The van der Waals surface area contributed by atoms with Crippen molar-refractivity contribution in [3.05, 3.63) is 113 Å². The van der Waals surface area contributed by atoms with E-state index >= 15 is 0 Å². The van der Waals surface area contributed by atoms with Crippen molar-refractivity contribution in [3.63, 3.8) is 0 Å². The molecule has 8 nitrogen and oxygen atoms in total. The summed E-state index contributed by atoms with van der Waals surface area (Å²) < 4.78 is 0. The van der Waals surface area contributed by atoms with Crippen LogP contribution in [0, 0.1) is 0 Å². The molecule has 2 saturated heterocycles. The van der Waals surface area contributed by atoms with Crippen molar-refractivity contribution in [2.75, 3.05) is 39.3 Å². The van der Waals surface area contributed by atoms with Gasteiger partial charge in [0.15, 0.2) is 11.6 Å². The van der Waals surface area contributed by atoms with E-state index in [0.29, 0.717) is 47.2 Å². The number of hydrogen-bond acceptors (Lipinski definition) is 6. The van der Waals surface area contributed by atoms with Gasteiger partial charge in [0.1, 0.15) is 0 Å². The lowest BCUT2D eigenvalue weighted by Gasteiger charge is -2.42. The van der Waals surface area contributed by atoms with Crippen molar-refractivity contribution in [2.45, 2.75) is 32.7 Å². The van der Waals surface area contributed by atoms with Gasteiger partial charge in [0.25, 0.3) is 11.8 Å². The summed E-state index contributed by atoms with van der Waals surface area (Å²) in [6, 6.07) is 28.0. The third-order valence-electron chi connectivity index (χ3n) is 9.09. The summed E-state index contributed by atoms with van der Waals surface area (Å²) in [7, 11) is 0. The zero-order valence-corrected chi connectivity index (χ0v) is 26.3. The number of aromatic nitrogens is 1. The van der Waals surface area contributed by atoms with Crippen molar-refractivity contribution in [3.8, 4) is 22.5 Å². The van der Waals surface area contributed by atoms with Crippen LogP contribution in [0.2, 0.25) is 0 Å². The van der Waals surface area contributed by atoms with Crippen LogP contribution in [0.15, 0.2) is 91.0 Å². The summed E-state index contributed by atoms with van der Waals surface area (Å²) in [6.45, 7) is 7.27. The average Bonchev–Trinajstić information content (AvgIpc) is 3.11. The van der Waals surface area contributed by atoms with Gasteiger partial charge in [-0.25, -0.2) is 4.98 Å². The maximum Gasteiger partial charge on any atom is 0.254 e. The number of piperidine rings is 1. The first-order valence-corrected chi connectivity index (χ1v) is 15.9. The highest BCUT2D eigenvalue weighted by molar-refractivity contribution is 5.98. The van der Waals surface area contributed by atoms with Gasteiger partial charge >= 0.3 is 0 Å². The number of carbonyl (C=O) groups is 4. The van der Waals surface area contributed by atoms with E-state index in [9.17, 15) is 19.2 Å². The summed E-state index contributed by atoms with van der Waals surface area (Å²) in [4.78, 5) is 62.3. The van der Waals surface area contributed by atoms with Crippen molar-refractivity contribution < 1.29 is 19.2 Å². The van der Waals surface area contributed by atoms with E-state index in [2.05, 4.69) is 4.90 Å². The SMILES string of the molecule is CC(=O)c1cccc(-c2cc(C(=O)N3CCN(C4CCN(C(=O)c5ccccc5)CC4)CC3)cc(-c3cccc(C(C)=O)c3)n2)c1. The van der Waals surface area contributed by atoms with Gasteiger partial charge < -0.3 is 9.80 Å². The van der Waals surface area contributed by atoms with Gasteiger partial charge in [-0.15, -0.1) is 0 Å². The Morgan fingerprint density at radius 2 is 1.02 bits per heavy atom. The number of rotatable bonds is 7. The van der Waals surface area contributed by atoms with Crippen LogP contribution in [-0.2, 0) is 0 Å². The molecule has 2 amide bonds. The molecule has 8 heteroatoms. The molecule has 3 aromatic carbocycles. The summed E-state index contributed by atoms with van der Waals surface area (Å²) >= 11 is 0. The predicted molar refractivity (Wildman–Crippen MR) is 178 cm³/mol. The molecule has 0 bridgehead atoms. The summed E-state index contributed by atoms with van der Waals surface area (Å²) in [5.74, 6) is -0.0746. The van der Waals surface area contributed by atoms with E-state index < -0.39 is 0 Å². The van der Waals surface area contributed by atoms with E-state index in [1.54, 1.807) is 36.4 Å². The number of ketones is 2. The molecule has 46 heavy (non-hydrogen) atoms. The van der Waals surface area contributed by atoms with Crippen LogP contribution in [0.25, 0.3) is 22.5 Å². The fourth-order valence-corrected chi connectivity index (χ4v) is 6.41. The van der Waals surface area contributed by atoms with Gasteiger partial charge in [0.05, 0.1) is 11.4 Å². The van der Waals surface area contributed by atoms with Gasteiger partial charge in [-0.3, -0.25) is 24.1 Å². The molecule has 0 unspecified atom stereocenters. The Morgan fingerprint density at radius 1 is 0.543 bits per heavy atom. The summed E-state index contributed by atoms with van der Waals surface area (Å²) in [5, 5.41) is 0. The second-order valence-electron chi connectivity index (χ2n) is 12.1. The number of Topliss-reactive ketones (excluding diaryl/α,β-unsaturated/α-hetero) is 2. The molecule has 2 aliphatic rings. The van der Waals surface area contributed by atoms with Gasteiger partial charge in [-0.05, 0) is 63.1 Å². The second-order valence-corrected chi connectivity index (χ2v) is 12.1. The molecule has 1 aromatic heterocycles. The number of nitrogens with zero attached hydrogens (tertiary/aromatic N) is 4. The monoisotopic (exact) mass is 614 g/mol. The van der Waals surface area contributed by atoms with E-state index in [1.807, 2.05) is 64.4 Å². The second kappa shape index (κ2) is 13.6. The number of benzene rings is 3. The highest BCUT2D eigenvalue weighted by atomic mass is 16.2. The van der Waals surface area contributed by atoms with Crippen molar-refractivity contribution in [2.24, 2.45) is 0 Å². The molecule has 2 fully saturated rings. The van der Waals surface area contributed by atoms with Crippen LogP contribution in [0.5, 0.6) is 0 Å². The maximum absolute atomic E-state index is 14.0. The Kier molecular flexibility index (Phi) is 9.17. The van der Waals surface area contributed by atoms with Crippen LogP contribution in [0.3, 0.4) is 0 Å². The molecular weight excluding hydrogens is 576 g/mol. The van der Waals surface area contributed by atoms with Crippen LogP contribution in [0.1, 0.15) is 68.1 Å². The Hall–Kier alpha value is -4.95. The molecule has 0 aliphatic carbocycles. The molecule has 3 heterocycles. The van der Waals surface area contributed by atoms with Crippen molar-refractivity contribution in [1.82, 2.24) is 19.7 Å². The maximum atomic E-state index is 14.0. The number of pyridine rings is 1. The molecule has 0 spiro atoms. The van der Waals surface area contributed by atoms with Crippen LogP contribution >= 0.6 is 0 Å². The quantitative estimate of drug-likeness (QED) is 0.242. The Bertz CT molecular complexity index is 1690. The van der Waals surface area contributed by atoms with Crippen LogP contribution in [-0.4, -0.2) is 88.4 Å². The molecule has 2 aliphatic heterocycles. The summed E-state index contributed by atoms with van der Waals surface area (Å²) in [6.07, 6.45) is 1.84. The minimum absolute atomic E-state index is 0.0465. The first-order valence-electron chi connectivity index (χ1n) is 15.9. The highest BCUT2D eigenvalue weighted by Crippen LogP contribution is 2.28. The van der Waals surface area contributed by atoms with Gasteiger partial charge in [-0.1, -0.05) is 54.6 Å². The number of carbonyl (C=O) groups excluding carboxylic acids is 4. The predicted octanol–water partition coefficient (Wildman–Crippen LogP) is 5.88. The molecule has 0 atom stereocenters. The van der Waals surface area contributed by atoms with Gasteiger partial charge in [-0.2, -0.15) is 0 Å². The Morgan fingerprint density at radius 3 is 1.54 bits per heavy atom. The molecule has 0 saturated carbocycles. The first-order chi connectivity index (χ1) is 22.3. The lowest BCUT2D eigenvalue weighted by molar-refractivity contribution is 0.0412. The molecule has 234 valence electrons. The molecule has 4 aromatic rings. The minimum Gasteiger partial charge on any atom is -0.339 e. The molecular formula is C38H38N4O4. The smallest absolute Gasteiger partial charge is 0.254 e. The number of hydrogen-bond donors (Lipinski definition) is 0. The zero-order valence-electron chi connectivity index (χ0n) is 26.3. The van der Waals surface area contributed by atoms with E-state index in [1.165, 1.54) is 13.8 Å². The Balaban J connectivity index is 1.18. The zero-order chi connectivity index (χ0) is 32.2. The largest absolute Gasteiger partial charge is 0.339 e. The lowest BCUT2D eigenvalue weighted by Crippen LogP contribution is -2.54. The number of likely N-dealkylation sites (tertiary alicyclic amines) is 1. The van der Waals surface area contributed by atoms with E-state index in [0.717, 1.165) is 55.7 Å². The van der Waals surface area contributed by atoms with Crippen LogP contribution in [0.4, 0.5) is 0 Å². The van der Waals surface area contributed by atoms with Crippen molar-refractivity contribution in [1.29, 1.82) is 0 Å². The van der Waals surface area contributed by atoms with E-state index in [-0.39, 0.29) is 23.4 Å². The average molecular weight is 615 g/mol. The first kappa shape index (κ1) is 31.0. The Labute approximate surface area is 269 Å². The van der Waals surface area contributed by atoms with E-state index in [4.69, 9.17) is 4.98 Å². The third-order valence-corrected chi connectivity index (χ3v) is 9.09. The molecule has 6 rings (SSSR count). The van der Waals surface area contributed by atoms with Crippen molar-refractivity contribution >= 4 is 23.4 Å². The number of amides is 2. The van der Waals surface area contributed by atoms with Gasteiger partial charge in [0, 0.05) is 78.7 Å². The molecule has 0 radical (unpaired) electrons. The van der Waals surface area contributed by atoms with Gasteiger partial charge in [0.2, 0.25) is 0 Å². The highest BCUT2D eigenvalue weighted by Gasteiger charge is 2.31. The standard InChI is InChI=1S/C38H38N4O4/c1-26(43)29-10-6-12-31(22-29)35-24-33(25-36(39-35)32-13-7-11-30(23-32)27(2)44)38(46)42-20-18-40(19-21-42)34-14-16-41(17-15-34)37(45)28-8-4-3-5-9-28/h3-13,22-25,34H,14-21H2,1-2H3. The fourth-order valence-electron chi connectivity index (χ4n) is 6.41. The fraction of sp³-hybridized carbons (Fsp3) is 0.289.